The lowest BCUT2D eigenvalue weighted by Gasteiger charge is -2.37. The fourth-order valence-corrected chi connectivity index (χ4v) is 5.83. The van der Waals surface area contributed by atoms with Crippen molar-refractivity contribution in [1.29, 1.82) is 0 Å². The molecule has 1 aromatic heterocycles. The fourth-order valence-electron chi connectivity index (χ4n) is 3.24. The van der Waals surface area contributed by atoms with Crippen molar-refractivity contribution in [2.45, 2.75) is 55.1 Å². The number of aliphatic hydroxyl groups excluding tert-OH is 7. The first-order chi connectivity index (χ1) is 18.2. The molecule has 1 saturated heterocycles. The summed E-state index contributed by atoms with van der Waals surface area (Å²) in [5.41, 5.74) is 3.88. The molecule has 1 fully saturated rings. The van der Waals surface area contributed by atoms with Gasteiger partial charge < -0.3 is 60.9 Å². The highest BCUT2D eigenvalue weighted by atomic mass is 31.3. The van der Waals surface area contributed by atoms with Gasteiger partial charge in [0.05, 0.1) is 13.2 Å². The van der Waals surface area contributed by atoms with Crippen LogP contribution in [0.4, 0.5) is 0 Å². The molecule has 0 bridgehead atoms. The van der Waals surface area contributed by atoms with Crippen LogP contribution in [0.2, 0.25) is 0 Å². The summed E-state index contributed by atoms with van der Waals surface area (Å²) in [5.74, 6) is -3.52. The molecule has 0 radical (unpaired) electrons. The number of rotatable bonds is 11. The summed E-state index contributed by atoms with van der Waals surface area (Å²) in [6.45, 7) is -1.10. The number of nitrogens with one attached hydrogen (secondary N) is 1. The number of nitrogens with two attached hydrogens (primary N) is 1. The molecule has 9 atom stereocenters. The first-order valence-corrected chi connectivity index (χ1v) is 13.8. The average molecular weight is 625 g/mol. The highest BCUT2D eigenvalue weighted by molar-refractivity contribution is 7.65. The number of carbonyl (C=O) groups is 2. The van der Waals surface area contributed by atoms with E-state index in [1.807, 2.05) is 4.98 Å². The average Bonchev–Trinajstić information content (AvgIpc) is 3.13. The van der Waals surface area contributed by atoms with Crippen molar-refractivity contribution >= 4 is 27.0 Å². The number of aromatic nitrogens is 2. The van der Waals surface area contributed by atoms with Crippen molar-refractivity contribution in [2.75, 3.05) is 13.2 Å². The fraction of sp³-hybridized carbons (Fsp3) is 0.647. The lowest BCUT2D eigenvalue weighted by atomic mass is 9.96. The molecule has 0 saturated carbocycles. The third-order valence-electron chi connectivity index (χ3n) is 5.37. The second kappa shape index (κ2) is 13.7. The van der Waals surface area contributed by atoms with Gasteiger partial charge in [0.15, 0.2) is 12.0 Å². The summed E-state index contributed by atoms with van der Waals surface area (Å²) in [7, 11) is -11.7. The van der Waals surface area contributed by atoms with Crippen LogP contribution in [-0.2, 0) is 27.8 Å². The second-order valence-electron chi connectivity index (χ2n) is 8.23. The van der Waals surface area contributed by atoms with Crippen LogP contribution in [0.25, 0.3) is 0 Å². The van der Waals surface area contributed by atoms with Crippen molar-refractivity contribution in [3.8, 4) is 0 Å². The van der Waals surface area contributed by atoms with E-state index in [2.05, 4.69) is 4.31 Å². The highest BCUT2D eigenvalue weighted by Crippen LogP contribution is 2.64. The van der Waals surface area contributed by atoms with Gasteiger partial charge in [-0.3, -0.25) is 28.5 Å². The van der Waals surface area contributed by atoms with Gasteiger partial charge >= 0.3 is 21.1 Å². The van der Waals surface area contributed by atoms with Crippen molar-refractivity contribution < 1.29 is 78.2 Å². The van der Waals surface area contributed by atoms with Gasteiger partial charge in [0, 0.05) is 19.2 Å². The molecule has 0 aliphatic carbocycles. The molecule has 1 unspecified atom stereocenters. The van der Waals surface area contributed by atoms with Gasteiger partial charge in [-0.05, 0) is 0 Å². The van der Waals surface area contributed by atoms with Gasteiger partial charge in [0.1, 0.15) is 36.6 Å². The smallest absolute Gasteiger partial charge is 0.394 e. The van der Waals surface area contributed by atoms with E-state index in [-0.39, 0.29) is 0 Å². The van der Waals surface area contributed by atoms with Crippen LogP contribution in [0.1, 0.15) is 13.2 Å². The maximum atomic E-state index is 12.0. The molecule has 2 heterocycles. The van der Waals surface area contributed by atoms with E-state index in [1.165, 1.54) is 0 Å². The van der Waals surface area contributed by atoms with Crippen LogP contribution in [0.15, 0.2) is 21.9 Å². The van der Waals surface area contributed by atoms with E-state index in [4.69, 9.17) is 30.5 Å². The third kappa shape index (κ3) is 8.03. The Hall–Kier alpha value is -2.04. The zero-order valence-corrected chi connectivity index (χ0v) is 22.1. The molecule has 230 valence electrons. The summed E-state index contributed by atoms with van der Waals surface area (Å²) < 4.78 is 32.3. The Balaban J connectivity index is 0.000000415. The molecule has 21 nitrogen and oxygen atoms in total. The summed E-state index contributed by atoms with van der Waals surface area (Å²) in [6, 6.07) is 1.09. The van der Waals surface area contributed by atoms with E-state index in [0.29, 0.717) is 6.92 Å². The topological polar surface area (TPSA) is 370 Å². The number of nitrogens with zero attached hydrogens (tertiary/aromatic N) is 1. The summed E-state index contributed by atoms with van der Waals surface area (Å²) in [6.07, 6.45) is -11.2. The molecule has 0 amide bonds. The Morgan fingerprint density at radius 3 is 2.10 bits per heavy atom. The van der Waals surface area contributed by atoms with Crippen LogP contribution >= 0.6 is 15.4 Å². The number of ether oxygens (including phenoxy) is 1. The highest BCUT2D eigenvalue weighted by Gasteiger charge is 2.62. The molecule has 1 aromatic rings. The van der Waals surface area contributed by atoms with Gasteiger partial charge in [-0.2, -0.15) is 0 Å². The summed E-state index contributed by atoms with van der Waals surface area (Å²) >= 11 is 0. The minimum atomic E-state index is -5.96. The molecule has 2 rings (SSSR count). The van der Waals surface area contributed by atoms with Crippen LogP contribution in [0, 0.1) is 0 Å². The number of H-pyrrole nitrogens is 1. The van der Waals surface area contributed by atoms with Gasteiger partial charge in [-0.25, -0.2) is 13.7 Å². The van der Waals surface area contributed by atoms with Crippen LogP contribution in [-0.4, -0.2) is 127 Å². The van der Waals surface area contributed by atoms with Crippen molar-refractivity contribution in [1.82, 2.24) is 9.55 Å². The normalized spacial score (nSPS) is 26.4. The van der Waals surface area contributed by atoms with Crippen LogP contribution in [0.3, 0.4) is 0 Å². The minimum absolute atomic E-state index is 0.479. The molecular formula is C17H29N3O18P2. The molecule has 13 N–H and O–H groups in total. The first-order valence-electron chi connectivity index (χ1n) is 10.7. The number of hydrogen-bond acceptors (Lipinski definition) is 16. The van der Waals surface area contributed by atoms with Gasteiger partial charge in [0.25, 0.3) is 5.56 Å². The SMILES string of the molecule is CC(=O)C(=O)[C@](N)([C@@H](O)[C@@H](O)[C@H](O)CO)P(=O)(O)OP(=O)(O)O.O=c1ccn([C@@H]2O[C@H](CO)[C@@H](O)[C@H]2O)c(=O)[nH]1. The Kier molecular flexibility index (Phi) is 12.4. The number of Topliss-reactive ketones (excluding diaryl/α,β-unsaturated/α-hetero) is 2. The van der Waals surface area contributed by atoms with Crippen molar-refractivity contribution in [3.63, 3.8) is 0 Å². The zero-order valence-electron chi connectivity index (χ0n) is 20.3. The summed E-state index contributed by atoms with van der Waals surface area (Å²) in [4.78, 5) is 74.0. The van der Waals surface area contributed by atoms with E-state index < -0.39 is 99.6 Å². The maximum absolute atomic E-state index is 12.0. The Bertz CT molecular complexity index is 1260. The van der Waals surface area contributed by atoms with Gasteiger partial charge in [-0.15, -0.1) is 0 Å². The predicted molar refractivity (Wildman–Crippen MR) is 125 cm³/mol. The number of aliphatic hydroxyl groups is 7. The number of hydrogen-bond donors (Lipinski definition) is 12. The van der Waals surface area contributed by atoms with E-state index >= 15 is 0 Å². The number of ketones is 2. The zero-order chi connectivity index (χ0) is 31.4. The standard InChI is InChI=1S/C9H12N2O6.C8H17NO12P2/c12-3-4-6(14)7(15)8(17-4)11-2-1-5(13)10-9(11)16;1-3(11)6(14)8(9,7(15)5(13)4(12)2-10)22(16,17)21-23(18,19)20/h1-2,4,6-8,12,14-15H,3H2,(H,10,13,16);4-5,7,10,12-13,15H,2,9H2,1H3,(H,16,17)(H2,18,19,20)/t4-,6-,7-,8-;4-,5+,7+,8-/m11/s1. The Morgan fingerprint density at radius 1 is 1.15 bits per heavy atom. The number of carbonyl (C=O) groups excluding carboxylic acids is 2. The molecule has 1 aliphatic heterocycles. The van der Waals surface area contributed by atoms with Gasteiger partial charge in [0.2, 0.25) is 11.1 Å². The van der Waals surface area contributed by atoms with Gasteiger partial charge in [-0.1, -0.05) is 0 Å². The summed E-state index contributed by atoms with van der Waals surface area (Å²) in [5, 5.41) is 61.6. The van der Waals surface area contributed by atoms with Crippen LogP contribution < -0.4 is 17.0 Å². The molecule has 40 heavy (non-hydrogen) atoms. The molecule has 1 aliphatic rings. The van der Waals surface area contributed by atoms with Crippen molar-refractivity contribution in [3.05, 3.63) is 33.1 Å². The molecule has 0 aromatic carbocycles. The minimum Gasteiger partial charge on any atom is -0.394 e. The Labute approximate surface area is 222 Å². The molecular weight excluding hydrogens is 596 g/mol. The Morgan fingerprint density at radius 2 is 1.70 bits per heavy atom. The van der Waals surface area contributed by atoms with Crippen molar-refractivity contribution in [2.24, 2.45) is 5.73 Å². The third-order valence-corrected chi connectivity index (χ3v) is 8.51. The first kappa shape index (κ1) is 36.0. The van der Waals surface area contributed by atoms with E-state index in [1.54, 1.807) is 0 Å². The van der Waals surface area contributed by atoms with E-state index in [9.17, 15) is 58.7 Å². The molecule has 0 spiro atoms. The second-order valence-corrected chi connectivity index (χ2v) is 11.7. The van der Waals surface area contributed by atoms with E-state index in [0.717, 1.165) is 16.8 Å². The quantitative estimate of drug-likeness (QED) is 0.0802. The van der Waals surface area contributed by atoms with Crippen LogP contribution in [0.5, 0.6) is 0 Å². The number of phosphoric acid groups is 1. The maximum Gasteiger partial charge on any atom is 0.476 e. The monoisotopic (exact) mass is 625 g/mol. The lowest BCUT2D eigenvalue weighted by Crippen LogP contribution is -2.64. The largest absolute Gasteiger partial charge is 0.476 e. The number of aromatic amines is 1. The molecule has 23 heteroatoms. The lowest BCUT2D eigenvalue weighted by molar-refractivity contribution is -0.144. The predicted octanol–water partition coefficient (Wildman–Crippen LogP) is -6.68.